The largest absolute Gasteiger partial charge is 0.366 e. The molecule has 0 amide bonds. The van der Waals surface area contributed by atoms with Crippen LogP contribution in [0.5, 0.6) is 0 Å². The lowest BCUT2D eigenvalue weighted by atomic mass is 9.87. The summed E-state index contributed by atoms with van der Waals surface area (Å²) in [6, 6.07) is 0. The molecule has 3 fully saturated rings. The molecule has 58 valence electrons. The van der Waals surface area contributed by atoms with Gasteiger partial charge in [0.25, 0.3) is 0 Å². The van der Waals surface area contributed by atoms with E-state index < -0.39 is 0 Å². The Morgan fingerprint density at radius 1 is 1.30 bits per heavy atom. The number of piperidine rings is 3. The Labute approximate surface area is 62.2 Å². The van der Waals surface area contributed by atoms with Crippen LogP contribution in [-0.2, 0) is 4.74 Å². The van der Waals surface area contributed by atoms with Gasteiger partial charge in [-0.25, -0.2) is 0 Å². The maximum Gasteiger partial charge on any atom is 0.110 e. The van der Waals surface area contributed by atoms with Crippen molar-refractivity contribution >= 4 is 0 Å². The van der Waals surface area contributed by atoms with Crippen LogP contribution in [0.3, 0.4) is 0 Å². The van der Waals surface area contributed by atoms with Crippen molar-refractivity contribution in [3.8, 4) is 0 Å². The molecule has 2 nitrogen and oxygen atoms in total. The van der Waals surface area contributed by atoms with Crippen LogP contribution in [0.1, 0.15) is 19.3 Å². The van der Waals surface area contributed by atoms with Gasteiger partial charge < -0.3 is 4.74 Å². The fourth-order valence-electron chi connectivity index (χ4n) is 2.16. The Morgan fingerprint density at radius 3 is 2.30 bits per heavy atom. The molecular formula is C8H15NO. The molecular weight excluding hydrogens is 126 g/mol. The molecule has 0 aromatic heterocycles. The van der Waals surface area contributed by atoms with E-state index in [9.17, 15) is 0 Å². The van der Waals surface area contributed by atoms with Crippen LogP contribution < -0.4 is 0 Å². The summed E-state index contributed by atoms with van der Waals surface area (Å²) in [5.41, 5.74) is 0. The molecule has 3 aliphatic rings. The fraction of sp³-hybridized carbons (Fsp3) is 1.00. The summed E-state index contributed by atoms with van der Waals surface area (Å²) < 4.78 is 5.35. The van der Waals surface area contributed by atoms with Crippen molar-refractivity contribution in [3.05, 3.63) is 0 Å². The normalized spacial score (nSPS) is 45.9. The third kappa shape index (κ3) is 0.956. The molecule has 0 aromatic carbocycles. The van der Waals surface area contributed by atoms with Crippen LogP contribution in [0.15, 0.2) is 0 Å². The number of ether oxygens (including phenoxy) is 1. The molecule has 3 saturated heterocycles. The van der Waals surface area contributed by atoms with Crippen LogP contribution in [0.25, 0.3) is 0 Å². The molecule has 1 atom stereocenters. The number of hydrogen-bond donors (Lipinski definition) is 0. The van der Waals surface area contributed by atoms with Gasteiger partial charge in [-0.1, -0.05) is 0 Å². The second-order valence-electron chi connectivity index (χ2n) is 3.41. The maximum absolute atomic E-state index is 5.35. The van der Waals surface area contributed by atoms with Crippen molar-refractivity contribution in [1.82, 2.24) is 4.90 Å². The zero-order chi connectivity index (χ0) is 6.97. The van der Waals surface area contributed by atoms with Gasteiger partial charge in [0.2, 0.25) is 0 Å². The average molecular weight is 141 g/mol. The molecule has 10 heavy (non-hydrogen) atoms. The quantitative estimate of drug-likeness (QED) is 0.541. The molecule has 0 N–H and O–H groups in total. The van der Waals surface area contributed by atoms with E-state index in [1.54, 1.807) is 0 Å². The summed E-state index contributed by atoms with van der Waals surface area (Å²) in [7, 11) is 1.82. The van der Waals surface area contributed by atoms with Crippen LogP contribution in [0, 0.1) is 5.92 Å². The van der Waals surface area contributed by atoms with Crippen molar-refractivity contribution in [2.45, 2.75) is 25.5 Å². The number of hydrogen-bond acceptors (Lipinski definition) is 2. The highest BCUT2D eigenvalue weighted by Crippen LogP contribution is 2.31. The van der Waals surface area contributed by atoms with Gasteiger partial charge in [-0.15, -0.1) is 0 Å². The highest BCUT2D eigenvalue weighted by molar-refractivity contribution is 4.82. The number of rotatable bonds is 1. The van der Waals surface area contributed by atoms with E-state index >= 15 is 0 Å². The van der Waals surface area contributed by atoms with Gasteiger partial charge in [0.1, 0.15) is 6.23 Å². The van der Waals surface area contributed by atoms with Crippen molar-refractivity contribution in [2.75, 3.05) is 20.2 Å². The first kappa shape index (κ1) is 6.62. The van der Waals surface area contributed by atoms with Crippen molar-refractivity contribution in [2.24, 2.45) is 5.92 Å². The van der Waals surface area contributed by atoms with E-state index in [-0.39, 0.29) is 0 Å². The van der Waals surface area contributed by atoms with Gasteiger partial charge >= 0.3 is 0 Å². The lowest BCUT2D eigenvalue weighted by Gasteiger charge is -2.44. The second-order valence-corrected chi connectivity index (χ2v) is 3.41. The van der Waals surface area contributed by atoms with E-state index in [4.69, 9.17) is 4.74 Å². The van der Waals surface area contributed by atoms with E-state index in [0.29, 0.717) is 6.23 Å². The molecule has 2 heteroatoms. The summed E-state index contributed by atoms with van der Waals surface area (Å²) in [4.78, 5) is 2.46. The van der Waals surface area contributed by atoms with Crippen molar-refractivity contribution in [1.29, 1.82) is 0 Å². The minimum absolute atomic E-state index is 0.451. The van der Waals surface area contributed by atoms with Gasteiger partial charge in [-0.05, 0) is 25.2 Å². The molecule has 1 unspecified atom stereocenters. The standard InChI is InChI=1S/C8H15NO/c1-10-8-6-7-2-4-9(8)5-3-7/h7-8H,2-6H2,1H3. The molecule has 3 rings (SSSR count). The monoisotopic (exact) mass is 141 g/mol. The van der Waals surface area contributed by atoms with Crippen LogP contribution in [-0.4, -0.2) is 31.3 Å². The summed E-state index contributed by atoms with van der Waals surface area (Å²) >= 11 is 0. The summed E-state index contributed by atoms with van der Waals surface area (Å²) in [6.45, 7) is 2.53. The van der Waals surface area contributed by atoms with E-state index in [1.807, 2.05) is 7.11 Å². The first-order valence-corrected chi connectivity index (χ1v) is 4.17. The zero-order valence-electron chi connectivity index (χ0n) is 6.55. The number of fused-ring (bicyclic) bond motifs is 3. The first-order chi connectivity index (χ1) is 4.90. The van der Waals surface area contributed by atoms with E-state index in [0.717, 1.165) is 5.92 Å². The molecule has 2 bridgehead atoms. The third-order valence-electron chi connectivity index (χ3n) is 2.86. The van der Waals surface area contributed by atoms with Crippen molar-refractivity contribution in [3.63, 3.8) is 0 Å². The lowest BCUT2D eigenvalue weighted by molar-refractivity contribution is -0.100. The highest BCUT2D eigenvalue weighted by atomic mass is 16.5. The molecule has 0 radical (unpaired) electrons. The highest BCUT2D eigenvalue weighted by Gasteiger charge is 2.32. The molecule has 0 spiro atoms. The Bertz CT molecular complexity index is 118. The van der Waals surface area contributed by atoms with E-state index in [2.05, 4.69) is 4.90 Å². The predicted molar refractivity (Wildman–Crippen MR) is 39.7 cm³/mol. The second kappa shape index (κ2) is 2.51. The summed E-state index contributed by atoms with van der Waals surface area (Å²) in [6.07, 6.45) is 4.53. The molecule has 0 aromatic rings. The van der Waals surface area contributed by atoms with Crippen LogP contribution in [0.4, 0.5) is 0 Å². The summed E-state index contributed by atoms with van der Waals surface area (Å²) in [5.74, 6) is 0.968. The van der Waals surface area contributed by atoms with Crippen LogP contribution in [0.2, 0.25) is 0 Å². The Hall–Kier alpha value is -0.0800. The van der Waals surface area contributed by atoms with Gasteiger partial charge in [-0.2, -0.15) is 0 Å². The Balaban J connectivity index is 2.01. The third-order valence-corrected chi connectivity index (χ3v) is 2.86. The van der Waals surface area contributed by atoms with Gasteiger partial charge in [0.05, 0.1) is 0 Å². The predicted octanol–water partition coefficient (Wildman–Crippen LogP) is 1.07. The molecule has 0 saturated carbocycles. The Morgan fingerprint density at radius 2 is 2.00 bits per heavy atom. The van der Waals surface area contributed by atoms with Gasteiger partial charge in [0, 0.05) is 20.2 Å². The average Bonchev–Trinajstić information content (AvgIpc) is 2.06. The van der Waals surface area contributed by atoms with Gasteiger partial charge in [-0.3, -0.25) is 4.90 Å². The van der Waals surface area contributed by atoms with E-state index in [1.165, 1.54) is 32.4 Å². The van der Waals surface area contributed by atoms with Crippen molar-refractivity contribution < 1.29 is 4.74 Å². The van der Waals surface area contributed by atoms with Crippen LogP contribution >= 0.6 is 0 Å². The zero-order valence-corrected chi connectivity index (χ0v) is 6.55. The smallest absolute Gasteiger partial charge is 0.110 e. The SMILES string of the molecule is COC1CC2CCN1CC2. The Kier molecular flexibility index (Phi) is 1.66. The first-order valence-electron chi connectivity index (χ1n) is 4.17. The number of nitrogens with zero attached hydrogens (tertiary/aromatic N) is 1. The molecule has 3 aliphatic heterocycles. The molecule has 0 aliphatic carbocycles. The summed E-state index contributed by atoms with van der Waals surface area (Å²) in [5, 5.41) is 0. The lowest BCUT2D eigenvalue weighted by Crippen LogP contribution is -2.49. The molecule has 3 heterocycles. The van der Waals surface area contributed by atoms with Gasteiger partial charge in [0.15, 0.2) is 0 Å². The number of methoxy groups -OCH3 is 1. The minimum Gasteiger partial charge on any atom is -0.366 e. The minimum atomic E-state index is 0.451. The fourth-order valence-corrected chi connectivity index (χ4v) is 2.16. The topological polar surface area (TPSA) is 12.5 Å². The maximum atomic E-state index is 5.35.